The lowest BCUT2D eigenvalue weighted by Crippen LogP contribution is -2.49. The Bertz CT molecular complexity index is 1050. The SMILES string of the molecule is CN1C(=O)C2(CC(C)(C)Oc3ccc(-c4cccc(C(F)(F)F)c4)cc32)N=C1N. The number of rotatable bonds is 1. The lowest BCUT2D eigenvalue weighted by molar-refractivity contribution is -0.137. The van der Waals surface area contributed by atoms with E-state index in [4.69, 9.17) is 10.5 Å². The van der Waals surface area contributed by atoms with E-state index >= 15 is 0 Å². The van der Waals surface area contributed by atoms with Gasteiger partial charge in [-0.2, -0.15) is 13.2 Å². The molecule has 8 heteroatoms. The van der Waals surface area contributed by atoms with Crippen LogP contribution in [0.5, 0.6) is 5.75 Å². The summed E-state index contributed by atoms with van der Waals surface area (Å²) in [5.41, 5.74) is 4.69. The van der Waals surface area contributed by atoms with Gasteiger partial charge in [-0.1, -0.05) is 18.2 Å². The molecule has 1 unspecified atom stereocenters. The predicted octanol–water partition coefficient (Wildman–Crippen LogP) is 3.92. The zero-order valence-electron chi connectivity index (χ0n) is 16.2. The monoisotopic (exact) mass is 403 g/mol. The fraction of sp³-hybridized carbons (Fsp3) is 0.333. The Kier molecular flexibility index (Phi) is 3.98. The molecule has 0 radical (unpaired) electrons. The Morgan fingerprint density at radius 2 is 1.83 bits per heavy atom. The number of halogens is 3. The zero-order valence-corrected chi connectivity index (χ0v) is 16.2. The van der Waals surface area contributed by atoms with E-state index in [1.54, 1.807) is 31.3 Å². The third-order valence-electron chi connectivity index (χ3n) is 5.32. The molecule has 1 amide bonds. The Balaban J connectivity index is 1.89. The van der Waals surface area contributed by atoms with E-state index in [1.807, 2.05) is 13.8 Å². The molecule has 152 valence electrons. The van der Waals surface area contributed by atoms with Crippen LogP contribution >= 0.6 is 0 Å². The van der Waals surface area contributed by atoms with Crippen LogP contribution < -0.4 is 10.5 Å². The summed E-state index contributed by atoms with van der Waals surface area (Å²) in [7, 11) is 1.55. The molecule has 2 aliphatic rings. The molecule has 2 aromatic carbocycles. The summed E-state index contributed by atoms with van der Waals surface area (Å²) in [4.78, 5) is 18.9. The molecule has 0 bridgehead atoms. The number of ether oxygens (including phenoxy) is 1. The summed E-state index contributed by atoms with van der Waals surface area (Å²) < 4.78 is 45.4. The van der Waals surface area contributed by atoms with Crippen LogP contribution in [0.1, 0.15) is 31.4 Å². The van der Waals surface area contributed by atoms with E-state index in [9.17, 15) is 18.0 Å². The molecule has 1 spiro atoms. The topological polar surface area (TPSA) is 67.9 Å². The molecule has 0 saturated heterocycles. The number of benzene rings is 2. The number of carbonyl (C=O) groups excluding carboxylic acids is 1. The van der Waals surface area contributed by atoms with E-state index in [-0.39, 0.29) is 18.3 Å². The Labute approximate surface area is 166 Å². The molecule has 2 heterocycles. The highest BCUT2D eigenvalue weighted by atomic mass is 19.4. The fourth-order valence-electron chi connectivity index (χ4n) is 4.03. The van der Waals surface area contributed by atoms with Crippen molar-refractivity contribution in [3.8, 4) is 16.9 Å². The second-order valence-corrected chi connectivity index (χ2v) is 8.02. The van der Waals surface area contributed by atoms with Crippen LogP contribution in [0, 0.1) is 0 Å². The maximum absolute atomic E-state index is 13.1. The standard InChI is InChI=1S/C21H20F3N3O2/c1-19(2)11-20(17(28)27(3)18(25)26-20)15-10-13(7-8-16(15)29-19)12-5-4-6-14(9-12)21(22,23)24/h4-10H,11H2,1-3H3,(H2,25,26). The Morgan fingerprint density at radius 1 is 1.14 bits per heavy atom. The first-order chi connectivity index (χ1) is 13.4. The third kappa shape index (κ3) is 3.03. The molecule has 29 heavy (non-hydrogen) atoms. The first-order valence-corrected chi connectivity index (χ1v) is 9.08. The van der Waals surface area contributed by atoms with Crippen LogP contribution in [-0.2, 0) is 16.5 Å². The number of hydrogen-bond acceptors (Lipinski definition) is 4. The van der Waals surface area contributed by atoms with Crippen molar-refractivity contribution in [2.24, 2.45) is 10.7 Å². The van der Waals surface area contributed by atoms with Crippen LogP contribution in [0.2, 0.25) is 0 Å². The van der Waals surface area contributed by atoms with Crippen molar-refractivity contribution in [2.75, 3.05) is 7.05 Å². The number of guanidine groups is 1. The predicted molar refractivity (Wildman–Crippen MR) is 102 cm³/mol. The Morgan fingerprint density at radius 3 is 2.45 bits per heavy atom. The molecule has 2 aromatic rings. The van der Waals surface area contributed by atoms with Gasteiger partial charge in [-0.25, -0.2) is 4.99 Å². The summed E-state index contributed by atoms with van der Waals surface area (Å²) in [6, 6.07) is 10.1. The molecule has 5 nitrogen and oxygen atoms in total. The highest BCUT2D eigenvalue weighted by molar-refractivity contribution is 6.07. The van der Waals surface area contributed by atoms with Gasteiger partial charge in [0.25, 0.3) is 5.91 Å². The minimum atomic E-state index is -4.44. The van der Waals surface area contributed by atoms with Gasteiger partial charge in [-0.05, 0) is 49.2 Å². The van der Waals surface area contributed by atoms with Gasteiger partial charge in [0.15, 0.2) is 11.5 Å². The molecule has 2 N–H and O–H groups in total. The second-order valence-electron chi connectivity index (χ2n) is 8.02. The van der Waals surface area contributed by atoms with E-state index in [0.29, 0.717) is 22.4 Å². The van der Waals surface area contributed by atoms with Gasteiger partial charge in [0.05, 0.1) is 5.56 Å². The maximum Gasteiger partial charge on any atom is 0.416 e. The number of carbonyl (C=O) groups is 1. The summed E-state index contributed by atoms with van der Waals surface area (Å²) in [6.45, 7) is 3.71. The van der Waals surface area contributed by atoms with Crippen molar-refractivity contribution in [3.05, 3.63) is 53.6 Å². The number of aliphatic imine (C=N–C) groups is 1. The first kappa shape index (κ1) is 19.3. The van der Waals surface area contributed by atoms with Crippen LogP contribution in [0.15, 0.2) is 47.5 Å². The number of nitrogens with two attached hydrogens (primary N) is 1. The van der Waals surface area contributed by atoms with Crippen LogP contribution in [0.3, 0.4) is 0 Å². The molecule has 2 aliphatic heterocycles. The van der Waals surface area contributed by atoms with E-state index in [2.05, 4.69) is 4.99 Å². The average molecular weight is 403 g/mol. The van der Waals surface area contributed by atoms with Gasteiger partial charge in [0.2, 0.25) is 0 Å². The third-order valence-corrected chi connectivity index (χ3v) is 5.32. The number of nitrogens with zero attached hydrogens (tertiary/aromatic N) is 2. The van der Waals surface area contributed by atoms with Crippen molar-refractivity contribution < 1.29 is 22.7 Å². The van der Waals surface area contributed by atoms with Crippen molar-refractivity contribution in [1.29, 1.82) is 0 Å². The fourth-order valence-corrected chi connectivity index (χ4v) is 4.03. The Hall–Kier alpha value is -3.03. The molecular formula is C21H20F3N3O2. The van der Waals surface area contributed by atoms with Gasteiger partial charge in [0.1, 0.15) is 11.4 Å². The molecule has 0 aromatic heterocycles. The number of likely N-dealkylation sites (N-methyl/N-ethyl adjacent to an activating group) is 1. The van der Waals surface area contributed by atoms with Gasteiger partial charge in [-0.15, -0.1) is 0 Å². The van der Waals surface area contributed by atoms with Crippen molar-refractivity contribution in [1.82, 2.24) is 4.90 Å². The highest BCUT2D eigenvalue weighted by Gasteiger charge is 2.55. The minimum Gasteiger partial charge on any atom is -0.487 e. The summed E-state index contributed by atoms with van der Waals surface area (Å²) in [5, 5.41) is 0. The van der Waals surface area contributed by atoms with E-state index in [0.717, 1.165) is 12.1 Å². The van der Waals surface area contributed by atoms with Gasteiger partial charge >= 0.3 is 6.18 Å². The zero-order chi connectivity index (χ0) is 21.2. The molecule has 0 fully saturated rings. The summed E-state index contributed by atoms with van der Waals surface area (Å²) >= 11 is 0. The van der Waals surface area contributed by atoms with Gasteiger partial charge < -0.3 is 10.5 Å². The number of fused-ring (bicyclic) bond motifs is 2. The molecule has 0 saturated carbocycles. The van der Waals surface area contributed by atoms with Gasteiger partial charge in [-0.3, -0.25) is 9.69 Å². The van der Waals surface area contributed by atoms with Crippen LogP contribution in [-0.4, -0.2) is 29.4 Å². The molecular weight excluding hydrogens is 383 g/mol. The van der Waals surface area contributed by atoms with E-state index in [1.165, 1.54) is 11.0 Å². The molecule has 4 rings (SSSR count). The highest BCUT2D eigenvalue weighted by Crippen LogP contribution is 2.50. The lowest BCUT2D eigenvalue weighted by Gasteiger charge is -2.41. The smallest absolute Gasteiger partial charge is 0.416 e. The molecule has 0 aliphatic carbocycles. The largest absolute Gasteiger partial charge is 0.487 e. The van der Waals surface area contributed by atoms with Crippen molar-refractivity contribution >= 4 is 11.9 Å². The number of alkyl halides is 3. The summed E-state index contributed by atoms with van der Waals surface area (Å²) in [5.74, 6) is 0.286. The first-order valence-electron chi connectivity index (χ1n) is 9.08. The number of amides is 1. The lowest BCUT2D eigenvalue weighted by atomic mass is 9.77. The second kappa shape index (κ2) is 5.98. The van der Waals surface area contributed by atoms with Crippen LogP contribution in [0.25, 0.3) is 11.1 Å². The van der Waals surface area contributed by atoms with Crippen molar-refractivity contribution in [2.45, 2.75) is 37.6 Å². The normalized spacial score (nSPS) is 23.0. The molecule has 1 atom stereocenters. The maximum atomic E-state index is 13.1. The average Bonchev–Trinajstić information content (AvgIpc) is 2.84. The summed E-state index contributed by atoms with van der Waals surface area (Å²) in [6.07, 6.45) is -4.18. The van der Waals surface area contributed by atoms with Gasteiger partial charge in [0, 0.05) is 19.0 Å². The quantitative estimate of drug-likeness (QED) is 0.785. The minimum absolute atomic E-state index is 0.100. The van der Waals surface area contributed by atoms with E-state index < -0.39 is 22.9 Å². The van der Waals surface area contributed by atoms with Crippen LogP contribution in [0.4, 0.5) is 13.2 Å². The van der Waals surface area contributed by atoms with Crippen molar-refractivity contribution in [3.63, 3.8) is 0 Å². The number of hydrogen-bond donors (Lipinski definition) is 1.